The van der Waals surface area contributed by atoms with Gasteiger partial charge in [-0.05, 0) is 49.4 Å². The van der Waals surface area contributed by atoms with Crippen molar-refractivity contribution in [2.24, 2.45) is 0 Å². The van der Waals surface area contributed by atoms with Gasteiger partial charge in [-0.2, -0.15) is 0 Å². The molecule has 30 heavy (non-hydrogen) atoms. The van der Waals surface area contributed by atoms with E-state index in [0.717, 1.165) is 17.1 Å². The number of pyridine rings is 3. The maximum absolute atomic E-state index is 12.7. The van der Waals surface area contributed by atoms with E-state index in [1.54, 1.807) is 55.1 Å². The normalized spacial score (nSPS) is 10.3. The summed E-state index contributed by atoms with van der Waals surface area (Å²) in [6.07, 6.45) is 6.67. The third-order valence-corrected chi connectivity index (χ3v) is 4.17. The molecule has 0 aliphatic rings. The van der Waals surface area contributed by atoms with Crippen molar-refractivity contribution in [3.05, 3.63) is 96.7 Å². The highest BCUT2D eigenvalue weighted by atomic mass is 16.5. The molecule has 0 saturated heterocycles. The zero-order chi connectivity index (χ0) is 20.8. The van der Waals surface area contributed by atoms with Gasteiger partial charge in [0.2, 0.25) is 0 Å². The van der Waals surface area contributed by atoms with E-state index in [0.29, 0.717) is 22.9 Å². The molecule has 0 atom stereocenters. The Kier molecular flexibility index (Phi) is 5.61. The van der Waals surface area contributed by atoms with Crippen molar-refractivity contribution in [2.45, 2.75) is 6.92 Å². The summed E-state index contributed by atoms with van der Waals surface area (Å²) in [6, 6.07) is 17.9. The Morgan fingerprint density at radius 1 is 0.833 bits per heavy atom. The summed E-state index contributed by atoms with van der Waals surface area (Å²) in [7, 11) is 0. The second-order valence-corrected chi connectivity index (χ2v) is 6.51. The molecule has 0 spiro atoms. The molecule has 1 aromatic carbocycles. The second-order valence-electron chi connectivity index (χ2n) is 6.51. The monoisotopic (exact) mass is 397 g/mol. The first-order valence-corrected chi connectivity index (χ1v) is 9.31. The largest absolute Gasteiger partial charge is 0.457 e. The molecular weight excluding hydrogens is 378 g/mol. The van der Waals surface area contributed by atoms with Crippen LogP contribution >= 0.6 is 0 Å². The summed E-state index contributed by atoms with van der Waals surface area (Å²) < 4.78 is 5.83. The second kappa shape index (κ2) is 8.83. The standard InChI is InChI=1S/C23H19N5O2/c1-16-13-20(7-11-25-16)30-21-8-12-26-22(15-21)28-23(29)17-3-2-4-19(14-17)27-18-5-9-24-10-6-18/h2-15H,1H3,(H,24,27)(H,26,28,29). The third-order valence-electron chi connectivity index (χ3n) is 4.17. The number of aromatic nitrogens is 3. The molecular formula is C23H19N5O2. The molecule has 0 aliphatic heterocycles. The van der Waals surface area contributed by atoms with Gasteiger partial charge in [-0.3, -0.25) is 14.8 Å². The van der Waals surface area contributed by atoms with Crippen LogP contribution in [0.2, 0.25) is 0 Å². The van der Waals surface area contributed by atoms with Crippen LogP contribution in [0.15, 0.2) is 85.5 Å². The van der Waals surface area contributed by atoms with E-state index in [-0.39, 0.29) is 5.91 Å². The summed E-state index contributed by atoms with van der Waals surface area (Å²) in [4.78, 5) is 25.0. The lowest BCUT2D eigenvalue weighted by molar-refractivity contribution is 0.102. The predicted molar refractivity (Wildman–Crippen MR) is 115 cm³/mol. The fourth-order valence-corrected chi connectivity index (χ4v) is 2.79. The Labute approximate surface area is 173 Å². The number of anilines is 3. The highest BCUT2D eigenvalue weighted by Crippen LogP contribution is 2.23. The van der Waals surface area contributed by atoms with Crippen molar-refractivity contribution >= 4 is 23.1 Å². The fraction of sp³-hybridized carbons (Fsp3) is 0.0435. The molecule has 4 aromatic rings. The maximum Gasteiger partial charge on any atom is 0.256 e. The Bertz CT molecular complexity index is 1160. The smallest absolute Gasteiger partial charge is 0.256 e. The Morgan fingerprint density at radius 3 is 2.40 bits per heavy atom. The van der Waals surface area contributed by atoms with Crippen molar-refractivity contribution in [2.75, 3.05) is 10.6 Å². The Morgan fingerprint density at radius 2 is 1.60 bits per heavy atom. The Balaban J connectivity index is 1.45. The minimum atomic E-state index is -0.266. The van der Waals surface area contributed by atoms with Gasteiger partial charge in [-0.25, -0.2) is 4.98 Å². The van der Waals surface area contributed by atoms with Gasteiger partial charge in [0.25, 0.3) is 5.91 Å². The number of rotatable bonds is 6. The lowest BCUT2D eigenvalue weighted by atomic mass is 10.2. The first kappa shape index (κ1) is 19.1. The molecule has 1 amide bonds. The number of hydrogen-bond donors (Lipinski definition) is 2. The average molecular weight is 397 g/mol. The van der Waals surface area contributed by atoms with Gasteiger partial charge < -0.3 is 15.4 Å². The number of aryl methyl sites for hydroxylation is 1. The molecule has 0 unspecified atom stereocenters. The van der Waals surface area contributed by atoms with E-state index >= 15 is 0 Å². The van der Waals surface area contributed by atoms with E-state index in [9.17, 15) is 4.79 Å². The van der Waals surface area contributed by atoms with E-state index in [1.165, 1.54) is 0 Å². The average Bonchev–Trinajstić information content (AvgIpc) is 2.75. The number of nitrogens with one attached hydrogen (secondary N) is 2. The van der Waals surface area contributed by atoms with Gasteiger partial charge in [0.1, 0.15) is 17.3 Å². The minimum absolute atomic E-state index is 0.266. The number of ether oxygens (including phenoxy) is 1. The SMILES string of the molecule is Cc1cc(Oc2ccnc(NC(=O)c3cccc(Nc4ccncc4)c3)c2)ccn1. The van der Waals surface area contributed by atoms with Gasteiger partial charge in [-0.1, -0.05) is 6.07 Å². The van der Waals surface area contributed by atoms with Crippen LogP contribution in [0, 0.1) is 6.92 Å². The zero-order valence-corrected chi connectivity index (χ0v) is 16.2. The zero-order valence-electron chi connectivity index (χ0n) is 16.2. The number of amides is 1. The van der Waals surface area contributed by atoms with Crippen LogP contribution in [0.25, 0.3) is 0 Å². The summed E-state index contributed by atoms with van der Waals surface area (Å²) in [5.74, 6) is 1.37. The van der Waals surface area contributed by atoms with Crippen molar-refractivity contribution in [1.29, 1.82) is 0 Å². The quantitative estimate of drug-likeness (QED) is 0.478. The van der Waals surface area contributed by atoms with Crippen molar-refractivity contribution in [3.63, 3.8) is 0 Å². The summed E-state index contributed by atoms with van der Waals surface area (Å²) in [5, 5.41) is 6.05. The van der Waals surface area contributed by atoms with Crippen LogP contribution in [0.4, 0.5) is 17.2 Å². The van der Waals surface area contributed by atoms with E-state index in [1.807, 2.05) is 37.3 Å². The van der Waals surface area contributed by atoms with Gasteiger partial charge in [0, 0.05) is 59.6 Å². The first-order chi connectivity index (χ1) is 14.7. The van der Waals surface area contributed by atoms with Gasteiger partial charge >= 0.3 is 0 Å². The molecule has 0 fully saturated rings. The molecule has 0 saturated carbocycles. The first-order valence-electron chi connectivity index (χ1n) is 9.31. The summed E-state index contributed by atoms with van der Waals surface area (Å²) in [5.41, 5.74) is 3.05. The van der Waals surface area contributed by atoms with Gasteiger partial charge in [0.05, 0.1) is 0 Å². The highest BCUT2D eigenvalue weighted by Gasteiger charge is 2.09. The number of carbonyl (C=O) groups excluding carboxylic acids is 1. The molecule has 2 N–H and O–H groups in total. The summed E-state index contributed by atoms with van der Waals surface area (Å²) >= 11 is 0. The number of nitrogens with zero attached hydrogens (tertiary/aromatic N) is 3. The van der Waals surface area contributed by atoms with Crippen LogP contribution in [0.1, 0.15) is 16.1 Å². The lowest BCUT2D eigenvalue weighted by Crippen LogP contribution is -2.13. The molecule has 7 heteroatoms. The predicted octanol–water partition coefficient (Wildman–Crippen LogP) is 4.97. The van der Waals surface area contributed by atoms with E-state index < -0.39 is 0 Å². The van der Waals surface area contributed by atoms with Crippen LogP contribution in [-0.4, -0.2) is 20.9 Å². The molecule has 7 nitrogen and oxygen atoms in total. The van der Waals surface area contributed by atoms with Crippen LogP contribution < -0.4 is 15.4 Å². The van der Waals surface area contributed by atoms with Crippen LogP contribution in [-0.2, 0) is 0 Å². The molecule has 0 bridgehead atoms. The van der Waals surface area contributed by atoms with Crippen molar-refractivity contribution in [3.8, 4) is 11.5 Å². The van der Waals surface area contributed by atoms with Crippen molar-refractivity contribution in [1.82, 2.24) is 15.0 Å². The molecule has 0 radical (unpaired) electrons. The van der Waals surface area contributed by atoms with Crippen LogP contribution in [0.5, 0.6) is 11.5 Å². The molecule has 3 aromatic heterocycles. The molecule has 3 heterocycles. The number of hydrogen-bond acceptors (Lipinski definition) is 6. The number of carbonyl (C=O) groups is 1. The Hall–Kier alpha value is -4.26. The highest BCUT2D eigenvalue weighted by molar-refractivity contribution is 6.04. The van der Waals surface area contributed by atoms with Crippen LogP contribution in [0.3, 0.4) is 0 Å². The van der Waals surface area contributed by atoms with Gasteiger partial charge in [-0.15, -0.1) is 0 Å². The van der Waals surface area contributed by atoms with E-state index in [4.69, 9.17) is 4.74 Å². The fourth-order valence-electron chi connectivity index (χ4n) is 2.79. The third kappa shape index (κ3) is 4.96. The summed E-state index contributed by atoms with van der Waals surface area (Å²) in [6.45, 7) is 1.89. The molecule has 4 rings (SSSR count). The maximum atomic E-state index is 12.7. The van der Waals surface area contributed by atoms with Crippen molar-refractivity contribution < 1.29 is 9.53 Å². The van der Waals surface area contributed by atoms with E-state index in [2.05, 4.69) is 25.6 Å². The topological polar surface area (TPSA) is 89.0 Å². The number of benzene rings is 1. The minimum Gasteiger partial charge on any atom is -0.457 e. The molecule has 0 aliphatic carbocycles. The molecule has 148 valence electrons. The lowest BCUT2D eigenvalue weighted by Gasteiger charge is -2.10. The van der Waals surface area contributed by atoms with Gasteiger partial charge in [0.15, 0.2) is 0 Å².